The fourth-order valence-corrected chi connectivity index (χ4v) is 4.66. The molecule has 0 aliphatic rings. The number of carbonyl (C=O) groups excluding carboxylic acids is 1. The third-order valence-electron chi connectivity index (χ3n) is 3.95. The number of nitrogens with one attached hydrogen (secondary N) is 1. The molecule has 1 aromatic carbocycles. The molecule has 28 heavy (non-hydrogen) atoms. The zero-order valence-corrected chi connectivity index (χ0v) is 17.4. The fourth-order valence-electron chi connectivity index (χ4n) is 2.47. The monoisotopic (exact) mass is 418 g/mol. The Morgan fingerprint density at radius 1 is 1.21 bits per heavy atom. The normalized spacial score (nSPS) is 11.2. The van der Waals surface area contributed by atoms with Crippen molar-refractivity contribution in [2.75, 3.05) is 24.2 Å². The molecule has 148 valence electrons. The molecular formula is C19H22N4O3S2. The molecule has 0 fully saturated rings. The van der Waals surface area contributed by atoms with E-state index in [9.17, 15) is 13.2 Å². The SMILES string of the molecule is CCN(CC)S(=O)(=O)c1ccc(SCCC(=O)Nc2ccccc2C#N)nc1. The lowest BCUT2D eigenvalue weighted by atomic mass is 10.2. The van der Waals surface area contributed by atoms with Crippen molar-refractivity contribution in [2.24, 2.45) is 0 Å². The number of nitrogens with zero attached hydrogens (tertiary/aromatic N) is 3. The molecule has 0 saturated carbocycles. The standard InChI is InChI=1S/C19H22N4O3S2/c1-3-23(4-2)28(25,26)16-9-10-19(21-14-16)27-12-11-18(24)22-17-8-6-5-7-15(17)13-20/h5-10,14H,3-4,11-12H2,1-2H3,(H,22,24). The molecule has 1 N–H and O–H groups in total. The Morgan fingerprint density at radius 2 is 1.93 bits per heavy atom. The Hall–Kier alpha value is -2.41. The van der Waals surface area contributed by atoms with Crippen molar-refractivity contribution in [3.05, 3.63) is 48.2 Å². The lowest BCUT2D eigenvalue weighted by Gasteiger charge is -2.18. The summed E-state index contributed by atoms with van der Waals surface area (Å²) in [6.45, 7) is 4.39. The van der Waals surface area contributed by atoms with Gasteiger partial charge in [-0.05, 0) is 24.3 Å². The molecule has 1 amide bonds. The zero-order chi connectivity index (χ0) is 20.6. The largest absolute Gasteiger partial charge is 0.325 e. The first-order valence-electron chi connectivity index (χ1n) is 8.80. The molecule has 1 aromatic heterocycles. The van der Waals surface area contributed by atoms with Gasteiger partial charge in [-0.15, -0.1) is 11.8 Å². The number of thioether (sulfide) groups is 1. The third kappa shape index (κ3) is 5.55. The highest BCUT2D eigenvalue weighted by atomic mass is 32.2. The lowest BCUT2D eigenvalue weighted by Crippen LogP contribution is -2.30. The van der Waals surface area contributed by atoms with E-state index < -0.39 is 10.0 Å². The second-order valence-electron chi connectivity index (χ2n) is 5.73. The van der Waals surface area contributed by atoms with Gasteiger partial charge in [0.15, 0.2) is 0 Å². The first-order valence-corrected chi connectivity index (χ1v) is 11.2. The highest BCUT2D eigenvalue weighted by molar-refractivity contribution is 7.99. The Morgan fingerprint density at radius 3 is 2.54 bits per heavy atom. The van der Waals surface area contributed by atoms with E-state index in [-0.39, 0.29) is 17.2 Å². The maximum Gasteiger partial charge on any atom is 0.244 e. The van der Waals surface area contributed by atoms with Gasteiger partial charge in [-0.25, -0.2) is 13.4 Å². The van der Waals surface area contributed by atoms with Gasteiger partial charge < -0.3 is 5.32 Å². The molecule has 0 spiro atoms. The topological polar surface area (TPSA) is 103 Å². The molecule has 9 heteroatoms. The Bertz CT molecular complexity index is 950. The first-order chi connectivity index (χ1) is 13.4. The molecule has 1 heterocycles. The third-order valence-corrected chi connectivity index (χ3v) is 6.93. The highest BCUT2D eigenvalue weighted by Gasteiger charge is 2.21. The number of nitriles is 1. The van der Waals surface area contributed by atoms with Gasteiger partial charge in [-0.1, -0.05) is 26.0 Å². The molecule has 2 aromatic rings. The number of pyridine rings is 1. The summed E-state index contributed by atoms with van der Waals surface area (Å²) in [4.78, 5) is 16.4. The first kappa shape index (κ1) is 21.9. The molecule has 0 aliphatic carbocycles. The van der Waals surface area contributed by atoms with E-state index in [4.69, 9.17) is 5.26 Å². The van der Waals surface area contributed by atoms with Gasteiger partial charge in [0.2, 0.25) is 15.9 Å². The smallest absolute Gasteiger partial charge is 0.244 e. The molecular weight excluding hydrogens is 396 g/mol. The van der Waals surface area contributed by atoms with Crippen LogP contribution in [0.1, 0.15) is 25.8 Å². The van der Waals surface area contributed by atoms with E-state index in [1.54, 1.807) is 44.2 Å². The summed E-state index contributed by atoms with van der Waals surface area (Å²) in [5.74, 6) is 0.284. The Labute approximate surface area is 169 Å². The lowest BCUT2D eigenvalue weighted by molar-refractivity contribution is -0.115. The zero-order valence-electron chi connectivity index (χ0n) is 15.8. The molecule has 0 unspecified atom stereocenters. The Kier molecular flexibility index (Phi) is 7.99. The van der Waals surface area contributed by atoms with Crippen LogP contribution < -0.4 is 5.32 Å². The average Bonchev–Trinajstić information content (AvgIpc) is 2.69. The van der Waals surface area contributed by atoms with Crippen LogP contribution in [0, 0.1) is 11.3 Å². The molecule has 0 saturated heterocycles. The van der Waals surface area contributed by atoms with Gasteiger partial charge in [0.05, 0.1) is 16.3 Å². The van der Waals surface area contributed by atoms with Crippen LogP contribution in [0.15, 0.2) is 52.5 Å². The molecule has 0 radical (unpaired) electrons. The number of hydrogen-bond donors (Lipinski definition) is 1. The number of hydrogen-bond acceptors (Lipinski definition) is 6. The number of amides is 1. The summed E-state index contributed by atoms with van der Waals surface area (Å²) in [6.07, 6.45) is 1.59. The fraction of sp³-hybridized carbons (Fsp3) is 0.316. The number of sulfonamides is 1. The summed E-state index contributed by atoms with van der Waals surface area (Å²) in [7, 11) is -3.52. The van der Waals surface area contributed by atoms with Crippen molar-refractivity contribution in [2.45, 2.75) is 30.2 Å². The van der Waals surface area contributed by atoms with Crippen molar-refractivity contribution in [3.63, 3.8) is 0 Å². The van der Waals surface area contributed by atoms with Crippen molar-refractivity contribution < 1.29 is 13.2 Å². The van der Waals surface area contributed by atoms with Crippen molar-refractivity contribution >= 4 is 33.4 Å². The number of benzene rings is 1. The van der Waals surface area contributed by atoms with Gasteiger partial charge in [-0.3, -0.25) is 4.79 Å². The van der Waals surface area contributed by atoms with E-state index >= 15 is 0 Å². The number of aromatic nitrogens is 1. The molecule has 0 bridgehead atoms. The summed E-state index contributed by atoms with van der Waals surface area (Å²) < 4.78 is 26.3. The van der Waals surface area contributed by atoms with Crippen molar-refractivity contribution in [3.8, 4) is 6.07 Å². The van der Waals surface area contributed by atoms with Crippen LogP contribution in [0.3, 0.4) is 0 Å². The summed E-state index contributed by atoms with van der Waals surface area (Å²) in [6, 6.07) is 12.0. The van der Waals surface area contributed by atoms with Crippen molar-refractivity contribution in [1.29, 1.82) is 5.26 Å². The molecule has 2 rings (SSSR count). The quantitative estimate of drug-likeness (QED) is 0.628. The summed E-state index contributed by atoms with van der Waals surface area (Å²) in [5, 5.41) is 12.4. The second kappa shape index (κ2) is 10.2. The summed E-state index contributed by atoms with van der Waals surface area (Å²) in [5.41, 5.74) is 0.902. The van der Waals surface area contributed by atoms with Gasteiger partial charge in [-0.2, -0.15) is 9.57 Å². The molecule has 7 nitrogen and oxygen atoms in total. The minimum Gasteiger partial charge on any atom is -0.325 e. The maximum atomic E-state index is 12.4. The van der Waals surface area contributed by atoms with Crippen LogP contribution >= 0.6 is 11.8 Å². The van der Waals surface area contributed by atoms with E-state index in [1.807, 2.05) is 6.07 Å². The number of anilines is 1. The van der Waals surface area contributed by atoms with Crippen LogP contribution in [0.2, 0.25) is 0 Å². The van der Waals surface area contributed by atoms with E-state index in [0.29, 0.717) is 35.1 Å². The number of rotatable bonds is 9. The van der Waals surface area contributed by atoms with Gasteiger partial charge in [0, 0.05) is 31.5 Å². The van der Waals surface area contributed by atoms with Crippen LogP contribution in [0.25, 0.3) is 0 Å². The van der Waals surface area contributed by atoms with Gasteiger partial charge in [0.1, 0.15) is 11.0 Å². The predicted molar refractivity (Wildman–Crippen MR) is 109 cm³/mol. The summed E-state index contributed by atoms with van der Waals surface area (Å²) >= 11 is 1.36. The maximum absolute atomic E-state index is 12.4. The minimum absolute atomic E-state index is 0.159. The Balaban J connectivity index is 1.90. The second-order valence-corrected chi connectivity index (χ2v) is 8.78. The van der Waals surface area contributed by atoms with E-state index in [1.165, 1.54) is 28.3 Å². The molecule has 0 atom stereocenters. The van der Waals surface area contributed by atoms with E-state index in [0.717, 1.165) is 0 Å². The van der Waals surface area contributed by atoms with Crippen molar-refractivity contribution in [1.82, 2.24) is 9.29 Å². The predicted octanol–water partition coefficient (Wildman–Crippen LogP) is 3.10. The van der Waals surface area contributed by atoms with Gasteiger partial charge in [0.25, 0.3) is 0 Å². The van der Waals surface area contributed by atoms with Gasteiger partial charge >= 0.3 is 0 Å². The highest BCUT2D eigenvalue weighted by Crippen LogP contribution is 2.21. The molecule has 0 aliphatic heterocycles. The van der Waals surface area contributed by atoms with Crippen LogP contribution in [0.5, 0.6) is 0 Å². The average molecular weight is 419 g/mol. The van der Waals surface area contributed by atoms with E-state index in [2.05, 4.69) is 10.3 Å². The minimum atomic E-state index is -3.52. The van der Waals surface area contributed by atoms with Crippen LogP contribution in [-0.4, -0.2) is 42.5 Å². The number of para-hydroxylation sites is 1. The van der Waals surface area contributed by atoms with Crippen LogP contribution in [-0.2, 0) is 14.8 Å². The number of carbonyl (C=O) groups is 1. The van der Waals surface area contributed by atoms with Crippen LogP contribution in [0.4, 0.5) is 5.69 Å².